The number of benzene rings is 1. The molecule has 0 saturated heterocycles. The molecule has 6 heteroatoms. The van der Waals surface area contributed by atoms with E-state index in [4.69, 9.17) is 16.3 Å². The average molecular weight is 383 g/mol. The van der Waals surface area contributed by atoms with E-state index in [0.29, 0.717) is 12.4 Å². The molecule has 0 unspecified atom stereocenters. The van der Waals surface area contributed by atoms with Crippen LogP contribution in [-0.4, -0.2) is 23.6 Å². The Kier molecular flexibility index (Phi) is 4.66. The molecule has 0 atom stereocenters. The van der Waals surface area contributed by atoms with Crippen LogP contribution in [0.1, 0.15) is 22.6 Å². The Morgan fingerprint density at radius 2 is 2.14 bits per heavy atom. The van der Waals surface area contributed by atoms with Crippen LogP contribution in [0.25, 0.3) is 0 Å². The highest BCUT2D eigenvalue weighted by atomic mass is 79.9. The van der Waals surface area contributed by atoms with Crippen molar-refractivity contribution < 1.29 is 4.74 Å². The van der Waals surface area contributed by atoms with Crippen molar-refractivity contribution >= 4 is 33.3 Å². The Balaban J connectivity index is 1.93. The highest BCUT2D eigenvalue weighted by molar-refractivity contribution is 9.10. The van der Waals surface area contributed by atoms with Gasteiger partial charge in [0.2, 0.25) is 0 Å². The number of aryl methyl sites for hydroxylation is 1. The minimum atomic E-state index is 0.422. The van der Waals surface area contributed by atoms with E-state index < -0.39 is 0 Å². The lowest BCUT2D eigenvalue weighted by atomic mass is 10.00. The number of methoxy groups -OCH3 is 1. The second kappa shape index (κ2) is 6.52. The monoisotopic (exact) mass is 381 g/mol. The quantitative estimate of drug-likeness (QED) is 0.807. The number of aromatic nitrogens is 2. The maximum Gasteiger partial charge on any atom is 0.156 e. The topological polar surface area (TPSA) is 38.2 Å². The second-order valence-corrected chi connectivity index (χ2v) is 6.64. The third kappa shape index (κ3) is 3.12. The number of hydrogen-bond donors (Lipinski definition) is 0. The van der Waals surface area contributed by atoms with Crippen LogP contribution >= 0.6 is 27.5 Å². The normalized spacial score (nSPS) is 14.1. The summed E-state index contributed by atoms with van der Waals surface area (Å²) in [6, 6.07) is 5.97. The summed E-state index contributed by atoms with van der Waals surface area (Å²) in [6.07, 6.45) is 0.944. The summed E-state index contributed by atoms with van der Waals surface area (Å²) in [7, 11) is 1.65. The van der Waals surface area contributed by atoms with Crippen molar-refractivity contribution in [1.29, 1.82) is 0 Å². The molecule has 0 radical (unpaired) electrons. The van der Waals surface area contributed by atoms with Crippen LogP contribution < -0.4 is 4.90 Å². The molecule has 1 aliphatic heterocycles. The number of anilines is 1. The fourth-order valence-corrected chi connectivity index (χ4v) is 3.56. The smallest absolute Gasteiger partial charge is 0.156 e. The van der Waals surface area contributed by atoms with Crippen molar-refractivity contribution in [2.24, 2.45) is 0 Å². The Hall–Kier alpha value is -1.17. The molecule has 22 heavy (non-hydrogen) atoms. The summed E-state index contributed by atoms with van der Waals surface area (Å²) in [4.78, 5) is 11.2. The molecule has 1 aromatic heterocycles. The Morgan fingerprint density at radius 3 is 2.91 bits per heavy atom. The summed E-state index contributed by atoms with van der Waals surface area (Å²) in [5.74, 6) is 1.64. The fraction of sp³-hybridized carbons (Fsp3) is 0.375. The van der Waals surface area contributed by atoms with Gasteiger partial charge in [-0.15, -0.1) is 0 Å². The summed E-state index contributed by atoms with van der Waals surface area (Å²) in [6.45, 7) is 4.07. The summed E-state index contributed by atoms with van der Waals surface area (Å²) >= 11 is 10.00. The van der Waals surface area contributed by atoms with Gasteiger partial charge in [0.25, 0.3) is 0 Å². The van der Waals surface area contributed by atoms with Gasteiger partial charge in [0.05, 0.1) is 0 Å². The molecule has 3 rings (SSSR count). The molecule has 0 saturated carbocycles. The zero-order chi connectivity index (χ0) is 15.7. The predicted molar refractivity (Wildman–Crippen MR) is 91.4 cm³/mol. The lowest BCUT2D eigenvalue weighted by molar-refractivity contribution is 0.177. The van der Waals surface area contributed by atoms with Gasteiger partial charge < -0.3 is 9.64 Å². The van der Waals surface area contributed by atoms with Crippen LogP contribution in [-0.2, 0) is 24.3 Å². The van der Waals surface area contributed by atoms with E-state index in [9.17, 15) is 0 Å². The Morgan fingerprint density at radius 1 is 1.32 bits per heavy atom. The molecule has 4 nitrogen and oxygen atoms in total. The first kappa shape index (κ1) is 15.7. The van der Waals surface area contributed by atoms with Gasteiger partial charge in [-0.1, -0.05) is 27.5 Å². The fourth-order valence-electron chi connectivity index (χ4n) is 2.76. The number of hydrogen-bond acceptors (Lipinski definition) is 4. The van der Waals surface area contributed by atoms with E-state index in [0.717, 1.165) is 40.5 Å². The van der Waals surface area contributed by atoms with Crippen LogP contribution in [0.4, 0.5) is 5.82 Å². The molecule has 1 aromatic carbocycles. The number of fused-ring (bicyclic) bond motifs is 1. The zero-order valence-electron chi connectivity index (χ0n) is 12.6. The molecule has 0 bridgehead atoms. The first-order chi connectivity index (χ1) is 10.6. The standard InChI is InChI=1S/C16H17BrClN3O/c1-10-7-16(20-15(19-10)9-22-2)21-6-5-11-12(8-21)14(18)4-3-13(11)17/h3-4,7H,5-6,8-9H2,1-2H3. The lowest BCUT2D eigenvalue weighted by Crippen LogP contribution is -2.32. The molecule has 2 heterocycles. The highest BCUT2D eigenvalue weighted by Crippen LogP contribution is 2.33. The largest absolute Gasteiger partial charge is 0.377 e. The van der Waals surface area contributed by atoms with Gasteiger partial charge in [0.15, 0.2) is 5.82 Å². The van der Waals surface area contributed by atoms with Crippen molar-refractivity contribution in [2.45, 2.75) is 26.5 Å². The van der Waals surface area contributed by atoms with E-state index in [-0.39, 0.29) is 0 Å². The molecular weight excluding hydrogens is 366 g/mol. The number of rotatable bonds is 3. The van der Waals surface area contributed by atoms with Gasteiger partial charge in [0, 0.05) is 41.5 Å². The van der Waals surface area contributed by atoms with Crippen LogP contribution in [0.15, 0.2) is 22.7 Å². The van der Waals surface area contributed by atoms with Crippen molar-refractivity contribution in [3.8, 4) is 0 Å². The SMILES string of the molecule is COCc1nc(C)cc(N2CCc3c(Br)ccc(Cl)c3C2)n1. The number of ether oxygens (including phenoxy) is 1. The lowest BCUT2D eigenvalue weighted by Gasteiger charge is -2.31. The van der Waals surface area contributed by atoms with Crippen LogP contribution in [0.2, 0.25) is 5.02 Å². The molecule has 116 valence electrons. The van der Waals surface area contributed by atoms with Crippen LogP contribution in [0, 0.1) is 6.92 Å². The molecule has 2 aromatic rings. The van der Waals surface area contributed by atoms with Crippen LogP contribution in [0.3, 0.4) is 0 Å². The Labute approximate surface area is 143 Å². The maximum absolute atomic E-state index is 6.38. The van der Waals surface area contributed by atoms with E-state index in [1.54, 1.807) is 7.11 Å². The third-order valence-electron chi connectivity index (χ3n) is 3.78. The molecule has 0 amide bonds. The summed E-state index contributed by atoms with van der Waals surface area (Å²) < 4.78 is 6.28. The molecule has 0 aliphatic carbocycles. The van der Waals surface area contributed by atoms with Crippen molar-refractivity contribution in [3.63, 3.8) is 0 Å². The summed E-state index contributed by atoms with van der Waals surface area (Å²) in [5.41, 5.74) is 3.42. The highest BCUT2D eigenvalue weighted by Gasteiger charge is 2.22. The van der Waals surface area contributed by atoms with Gasteiger partial charge >= 0.3 is 0 Å². The van der Waals surface area contributed by atoms with Gasteiger partial charge in [-0.25, -0.2) is 9.97 Å². The molecule has 0 spiro atoms. The number of halogens is 2. The molecule has 0 N–H and O–H groups in total. The third-order valence-corrected chi connectivity index (χ3v) is 4.88. The predicted octanol–water partition coefficient (Wildman–Crippen LogP) is 3.91. The first-order valence-electron chi connectivity index (χ1n) is 7.12. The van der Waals surface area contributed by atoms with Crippen molar-refractivity contribution in [1.82, 2.24) is 9.97 Å². The van der Waals surface area contributed by atoms with Gasteiger partial charge in [-0.3, -0.25) is 0 Å². The van der Waals surface area contributed by atoms with E-state index in [1.807, 2.05) is 25.1 Å². The molecular formula is C16H17BrClN3O. The van der Waals surface area contributed by atoms with Gasteiger partial charge in [-0.05, 0) is 36.6 Å². The summed E-state index contributed by atoms with van der Waals surface area (Å²) in [5, 5.41) is 0.811. The average Bonchev–Trinajstić information content (AvgIpc) is 2.50. The maximum atomic E-state index is 6.38. The van der Waals surface area contributed by atoms with Crippen LogP contribution in [0.5, 0.6) is 0 Å². The van der Waals surface area contributed by atoms with Crippen molar-refractivity contribution in [2.75, 3.05) is 18.6 Å². The second-order valence-electron chi connectivity index (χ2n) is 5.37. The minimum Gasteiger partial charge on any atom is -0.377 e. The zero-order valence-corrected chi connectivity index (χ0v) is 14.9. The molecule has 0 fully saturated rings. The minimum absolute atomic E-state index is 0.422. The first-order valence-corrected chi connectivity index (χ1v) is 8.30. The van der Waals surface area contributed by atoms with E-state index in [2.05, 4.69) is 30.8 Å². The number of nitrogens with zero attached hydrogens (tertiary/aromatic N) is 3. The van der Waals surface area contributed by atoms with E-state index in [1.165, 1.54) is 11.1 Å². The van der Waals surface area contributed by atoms with Gasteiger partial charge in [-0.2, -0.15) is 0 Å². The Bertz CT molecular complexity index is 708. The van der Waals surface area contributed by atoms with Crippen molar-refractivity contribution in [3.05, 3.63) is 50.3 Å². The van der Waals surface area contributed by atoms with E-state index >= 15 is 0 Å². The van der Waals surface area contributed by atoms with Gasteiger partial charge in [0.1, 0.15) is 12.4 Å². The molecule has 1 aliphatic rings.